The molecule has 0 aliphatic carbocycles. The summed E-state index contributed by atoms with van der Waals surface area (Å²) in [5, 5.41) is 13.5. The second-order valence-corrected chi connectivity index (χ2v) is 12.1. The number of benzene rings is 3. The predicted octanol–water partition coefficient (Wildman–Crippen LogP) is 3.88. The van der Waals surface area contributed by atoms with Crippen LogP contribution in [0.2, 0.25) is 0 Å². The van der Waals surface area contributed by atoms with Crippen molar-refractivity contribution in [2.45, 2.75) is 4.90 Å². The zero-order chi connectivity index (χ0) is 32.1. The van der Waals surface area contributed by atoms with Crippen molar-refractivity contribution in [3.63, 3.8) is 0 Å². The van der Waals surface area contributed by atoms with Crippen molar-refractivity contribution in [3.8, 4) is 11.5 Å². The van der Waals surface area contributed by atoms with E-state index in [1.54, 1.807) is 12.1 Å². The van der Waals surface area contributed by atoms with Gasteiger partial charge in [-0.1, -0.05) is 30.3 Å². The number of methoxy groups -OCH3 is 1. The summed E-state index contributed by atoms with van der Waals surface area (Å²) in [4.78, 5) is 51.5. The number of thioether (sulfide) groups is 1. The summed E-state index contributed by atoms with van der Waals surface area (Å²) >= 11 is 0.645. The van der Waals surface area contributed by atoms with Crippen molar-refractivity contribution in [2.75, 3.05) is 50.2 Å². The van der Waals surface area contributed by atoms with E-state index < -0.39 is 49.2 Å². The Hall–Kier alpha value is -4.93. The SMILES string of the molecule is COc1cc(/C=C2\SC(=O)N(CC(=O)Nc3ccccc3N3CCOCC3)C2=O)ccc1OS(=O)(=O)c1ccccc1[N+](=O)[O-]. The highest BCUT2D eigenvalue weighted by Crippen LogP contribution is 2.36. The van der Waals surface area contributed by atoms with Crippen LogP contribution in [0.25, 0.3) is 6.08 Å². The molecule has 2 saturated heterocycles. The number of nitrogens with zero attached hydrogens (tertiary/aromatic N) is 3. The van der Waals surface area contributed by atoms with E-state index in [1.807, 2.05) is 12.1 Å². The smallest absolute Gasteiger partial charge is 0.346 e. The van der Waals surface area contributed by atoms with Gasteiger partial charge >= 0.3 is 10.1 Å². The van der Waals surface area contributed by atoms with Gasteiger partial charge in [0.1, 0.15) is 6.54 Å². The molecule has 2 fully saturated rings. The normalized spacial score (nSPS) is 16.2. The van der Waals surface area contributed by atoms with Gasteiger partial charge in [-0.2, -0.15) is 8.42 Å². The van der Waals surface area contributed by atoms with E-state index in [0.29, 0.717) is 49.3 Å². The number of nitro groups is 1. The van der Waals surface area contributed by atoms with Crippen molar-refractivity contribution in [3.05, 3.63) is 87.3 Å². The summed E-state index contributed by atoms with van der Waals surface area (Å²) in [6, 6.07) is 16.0. The summed E-state index contributed by atoms with van der Waals surface area (Å²) in [7, 11) is -3.36. The number of imide groups is 1. The number of morpholine rings is 1. The lowest BCUT2D eigenvalue weighted by atomic mass is 10.2. The molecule has 0 unspecified atom stereocenters. The third kappa shape index (κ3) is 7.08. The first-order chi connectivity index (χ1) is 21.6. The minimum absolute atomic E-state index is 0.0322. The highest BCUT2D eigenvalue weighted by Gasteiger charge is 2.36. The Balaban J connectivity index is 1.29. The summed E-state index contributed by atoms with van der Waals surface area (Å²) in [5.41, 5.74) is 1.06. The Morgan fingerprint density at radius 3 is 2.51 bits per heavy atom. The molecule has 0 atom stereocenters. The highest BCUT2D eigenvalue weighted by atomic mass is 32.2. The topological polar surface area (TPSA) is 175 Å². The van der Waals surface area contributed by atoms with Crippen LogP contribution >= 0.6 is 11.8 Å². The molecule has 3 amide bonds. The lowest BCUT2D eigenvalue weighted by molar-refractivity contribution is -0.387. The number of carbonyl (C=O) groups is 3. The van der Waals surface area contributed by atoms with Gasteiger partial charge in [-0.15, -0.1) is 0 Å². The third-order valence-corrected chi connectivity index (χ3v) is 8.91. The molecule has 0 radical (unpaired) electrons. The molecule has 0 bridgehead atoms. The monoisotopic (exact) mass is 654 g/mol. The minimum Gasteiger partial charge on any atom is -0.493 e. The zero-order valence-corrected chi connectivity index (χ0v) is 25.3. The lowest BCUT2D eigenvalue weighted by Crippen LogP contribution is -2.38. The highest BCUT2D eigenvalue weighted by molar-refractivity contribution is 8.18. The molecule has 2 aliphatic rings. The molecular weight excluding hydrogens is 628 g/mol. The van der Waals surface area contributed by atoms with Crippen molar-refractivity contribution in [2.24, 2.45) is 0 Å². The van der Waals surface area contributed by atoms with Crippen molar-refractivity contribution < 1.29 is 41.4 Å². The fraction of sp³-hybridized carbons (Fsp3) is 0.207. The fourth-order valence-corrected chi connectivity index (χ4v) is 6.55. The maximum Gasteiger partial charge on any atom is 0.346 e. The van der Waals surface area contributed by atoms with E-state index in [0.717, 1.165) is 22.7 Å². The van der Waals surface area contributed by atoms with Gasteiger partial charge in [0.2, 0.25) is 5.91 Å². The van der Waals surface area contributed by atoms with E-state index in [1.165, 1.54) is 43.5 Å². The molecule has 2 aliphatic heterocycles. The summed E-state index contributed by atoms with van der Waals surface area (Å²) in [5.74, 6) is -1.54. The average molecular weight is 655 g/mol. The van der Waals surface area contributed by atoms with Gasteiger partial charge in [0.05, 0.1) is 41.5 Å². The lowest BCUT2D eigenvalue weighted by Gasteiger charge is -2.30. The van der Waals surface area contributed by atoms with E-state index in [9.17, 15) is 32.9 Å². The number of anilines is 2. The first kappa shape index (κ1) is 31.5. The first-order valence-corrected chi connectivity index (χ1v) is 15.6. The Kier molecular flexibility index (Phi) is 9.36. The van der Waals surface area contributed by atoms with Gasteiger partial charge in [0.25, 0.3) is 16.8 Å². The van der Waals surface area contributed by atoms with E-state index in [-0.39, 0.29) is 16.4 Å². The van der Waals surface area contributed by atoms with Gasteiger partial charge in [-0.25, -0.2) is 0 Å². The molecule has 3 aromatic carbocycles. The number of rotatable bonds is 10. The Morgan fingerprint density at radius 1 is 1.07 bits per heavy atom. The summed E-state index contributed by atoms with van der Waals surface area (Å²) < 4.78 is 41.5. The molecule has 2 heterocycles. The average Bonchev–Trinajstić information content (AvgIpc) is 3.29. The molecule has 234 valence electrons. The van der Waals surface area contributed by atoms with Crippen LogP contribution in [-0.2, 0) is 24.4 Å². The van der Waals surface area contributed by atoms with Crippen molar-refractivity contribution >= 4 is 62.1 Å². The number of hydrogen-bond donors (Lipinski definition) is 1. The molecule has 1 N–H and O–H groups in total. The number of ether oxygens (including phenoxy) is 2. The number of nitro benzene ring substituents is 1. The molecule has 0 aromatic heterocycles. The van der Waals surface area contributed by atoms with Gasteiger partial charge < -0.3 is 23.9 Å². The molecule has 45 heavy (non-hydrogen) atoms. The zero-order valence-electron chi connectivity index (χ0n) is 23.7. The molecule has 14 nitrogen and oxygen atoms in total. The molecule has 16 heteroatoms. The quantitative estimate of drug-likeness (QED) is 0.145. The Labute approximate surface area is 261 Å². The molecule has 0 saturated carbocycles. The van der Waals surface area contributed by atoms with Crippen LogP contribution in [0, 0.1) is 10.1 Å². The summed E-state index contributed by atoms with van der Waals surface area (Å²) in [6.07, 6.45) is 1.39. The van der Waals surface area contributed by atoms with Crippen LogP contribution < -0.4 is 19.1 Å². The third-order valence-electron chi connectivity index (χ3n) is 6.72. The first-order valence-electron chi connectivity index (χ1n) is 13.4. The van der Waals surface area contributed by atoms with Crippen LogP contribution in [0.3, 0.4) is 0 Å². The second kappa shape index (κ2) is 13.4. The van der Waals surface area contributed by atoms with Crippen molar-refractivity contribution in [1.29, 1.82) is 0 Å². The van der Waals surface area contributed by atoms with Crippen LogP contribution in [0.15, 0.2) is 76.5 Å². The maximum absolute atomic E-state index is 13.1. The molecule has 5 rings (SSSR count). The number of para-hydroxylation sites is 3. The van der Waals surface area contributed by atoms with E-state index in [2.05, 4.69) is 10.2 Å². The van der Waals surface area contributed by atoms with Crippen LogP contribution in [0.1, 0.15) is 5.56 Å². The van der Waals surface area contributed by atoms with E-state index in [4.69, 9.17) is 13.7 Å². The predicted molar refractivity (Wildman–Crippen MR) is 165 cm³/mol. The number of carbonyl (C=O) groups excluding carboxylic acids is 3. The fourth-order valence-electron chi connectivity index (χ4n) is 4.61. The van der Waals surface area contributed by atoms with Gasteiger partial charge in [-0.3, -0.25) is 29.4 Å². The molecular formula is C29H26N4O10S2. The Morgan fingerprint density at radius 2 is 1.78 bits per heavy atom. The number of nitrogens with one attached hydrogen (secondary N) is 1. The van der Waals surface area contributed by atoms with Gasteiger partial charge in [0, 0.05) is 19.2 Å². The van der Waals surface area contributed by atoms with Gasteiger partial charge in [0.15, 0.2) is 16.4 Å². The number of amides is 3. The van der Waals surface area contributed by atoms with Crippen LogP contribution in [-0.4, -0.2) is 75.3 Å². The molecule has 3 aromatic rings. The van der Waals surface area contributed by atoms with E-state index >= 15 is 0 Å². The maximum atomic E-state index is 13.1. The largest absolute Gasteiger partial charge is 0.493 e. The van der Waals surface area contributed by atoms with Crippen LogP contribution in [0.5, 0.6) is 11.5 Å². The Bertz CT molecular complexity index is 1810. The number of hydrogen-bond acceptors (Lipinski definition) is 12. The van der Waals surface area contributed by atoms with Crippen molar-refractivity contribution in [1.82, 2.24) is 4.90 Å². The summed E-state index contributed by atoms with van der Waals surface area (Å²) in [6.45, 7) is 1.93. The van der Waals surface area contributed by atoms with Gasteiger partial charge in [-0.05, 0) is 53.7 Å². The molecule has 0 spiro atoms. The van der Waals surface area contributed by atoms with Crippen LogP contribution in [0.4, 0.5) is 21.9 Å². The minimum atomic E-state index is -4.62. The standard InChI is InChI=1S/C29H26N4O10S2/c1-41-24-16-19(10-11-23(24)43-45(39,40)26-9-5-4-8-22(26)33(37)38)17-25-28(35)32(29(36)44-25)18-27(34)30-20-6-2-3-7-21(20)31-12-14-42-15-13-31/h2-11,16-17H,12-15,18H2,1H3,(H,30,34)/b25-17-. The second-order valence-electron chi connectivity index (χ2n) is 9.61.